The van der Waals surface area contributed by atoms with Gasteiger partial charge in [-0.3, -0.25) is 9.59 Å². The van der Waals surface area contributed by atoms with Gasteiger partial charge in [-0.2, -0.15) is 0 Å². The highest BCUT2D eigenvalue weighted by Gasteiger charge is 2.29. The molecule has 1 aliphatic rings. The fraction of sp³-hybridized carbons (Fsp3) is 0.467. The molecule has 1 aromatic rings. The maximum atomic E-state index is 12.1. The lowest BCUT2D eigenvalue weighted by atomic mass is 10.1. The van der Waals surface area contributed by atoms with Crippen LogP contribution in [0.15, 0.2) is 30.3 Å². The number of hydrogen-bond donors (Lipinski definition) is 1. The third-order valence-corrected chi connectivity index (χ3v) is 3.58. The lowest BCUT2D eigenvalue weighted by Gasteiger charge is -2.23. The largest absolute Gasteiger partial charge is 0.481 e. The number of carbonyl (C=O) groups excluding carboxylic acids is 1. The molecule has 0 aromatic heterocycles. The third kappa shape index (κ3) is 3.81. The van der Waals surface area contributed by atoms with E-state index in [0.29, 0.717) is 13.0 Å². The van der Waals surface area contributed by atoms with Crippen molar-refractivity contribution in [1.29, 1.82) is 0 Å². The lowest BCUT2D eigenvalue weighted by molar-refractivity contribution is -0.139. The van der Waals surface area contributed by atoms with E-state index >= 15 is 0 Å². The van der Waals surface area contributed by atoms with Crippen LogP contribution < -0.4 is 0 Å². The summed E-state index contributed by atoms with van der Waals surface area (Å²) in [5.41, 5.74) is 1.14. The van der Waals surface area contributed by atoms with Gasteiger partial charge >= 0.3 is 5.97 Å². The van der Waals surface area contributed by atoms with Crippen LogP contribution >= 0.6 is 0 Å². The first-order chi connectivity index (χ1) is 9.16. The number of amides is 1. The Bertz CT molecular complexity index is 444. The number of aryl methyl sites for hydroxylation is 1. The first-order valence-corrected chi connectivity index (χ1v) is 6.72. The molecule has 4 heteroatoms. The van der Waals surface area contributed by atoms with Crippen LogP contribution in [0.1, 0.15) is 31.2 Å². The highest BCUT2D eigenvalue weighted by Crippen LogP contribution is 2.21. The average molecular weight is 261 g/mol. The Hall–Kier alpha value is -1.84. The molecule has 0 saturated carbocycles. The molecule has 1 amide bonds. The predicted octanol–water partition coefficient (Wildman–Crippen LogP) is 2.08. The second-order valence-corrected chi connectivity index (χ2v) is 4.97. The molecule has 1 atom stereocenters. The van der Waals surface area contributed by atoms with Crippen LogP contribution in [0.3, 0.4) is 0 Å². The topological polar surface area (TPSA) is 57.6 Å². The summed E-state index contributed by atoms with van der Waals surface area (Å²) in [4.78, 5) is 24.7. The zero-order valence-electron chi connectivity index (χ0n) is 10.9. The first-order valence-electron chi connectivity index (χ1n) is 6.72. The van der Waals surface area contributed by atoms with Crippen LogP contribution in [0.25, 0.3) is 0 Å². The van der Waals surface area contributed by atoms with Crippen LogP contribution in [0.2, 0.25) is 0 Å². The number of carboxylic acids is 1. The van der Waals surface area contributed by atoms with Crippen molar-refractivity contribution < 1.29 is 14.7 Å². The molecule has 1 unspecified atom stereocenters. The summed E-state index contributed by atoms with van der Waals surface area (Å²) in [6, 6.07) is 9.78. The number of benzene rings is 1. The Morgan fingerprint density at radius 1 is 1.26 bits per heavy atom. The van der Waals surface area contributed by atoms with E-state index in [0.717, 1.165) is 24.8 Å². The molecule has 0 spiro atoms. The standard InChI is InChI=1S/C15H19NO3/c17-14(9-8-12-5-2-1-3-6-12)16-10-4-7-13(16)11-15(18)19/h1-3,5-6,13H,4,7-11H2,(H,18,19). The molecule has 0 bridgehead atoms. The van der Waals surface area contributed by atoms with E-state index in [1.165, 1.54) is 0 Å². The maximum absolute atomic E-state index is 12.1. The first kappa shape index (κ1) is 13.6. The van der Waals surface area contributed by atoms with Crippen molar-refractivity contribution >= 4 is 11.9 Å². The molecule has 0 radical (unpaired) electrons. The number of aliphatic carboxylic acids is 1. The van der Waals surface area contributed by atoms with Gasteiger partial charge in [0.2, 0.25) is 5.91 Å². The zero-order chi connectivity index (χ0) is 13.7. The van der Waals surface area contributed by atoms with Gasteiger partial charge in [-0.25, -0.2) is 0 Å². The number of carboxylic acid groups (broad SMARTS) is 1. The predicted molar refractivity (Wildman–Crippen MR) is 71.8 cm³/mol. The SMILES string of the molecule is O=C(O)CC1CCCN1C(=O)CCc1ccccc1. The second kappa shape index (κ2) is 6.36. The third-order valence-electron chi connectivity index (χ3n) is 3.58. The fourth-order valence-electron chi connectivity index (χ4n) is 2.62. The van der Waals surface area contributed by atoms with Crippen LogP contribution in [0, 0.1) is 0 Å². The van der Waals surface area contributed by atoms with Gasteiger partial charge in [-0.15, -0.1) is 0 Å². The number of rotatable bonds is 5. The van der Waals surface area contributed by atoms with E-state index in [1.54, 1.807) is 4.90 Å². The van der Waals surface area contributed by atoms with Crippen molar-refractivity contribution in [1.82, 2.24) is 4.90 Å². The number of nitrogens with zero attached hydrogens (tertiary/aromatic N) is 1. The molecule has 0 aliphatic carbocycles. The Morgan fingerprint density at radius 3 is 2.68 bits per heavy atom. The van der Waals surface area contributed by atoms with Gasteiger partial charge in [-0.1, -0.05) is 30.3 Å². The molecule has 102 valence electrons. The van der Waals surface area contributed by atoms with Crippen LogP contribution in [-0.2, 0) is 16.0 Å². The molecular formula is C15H19NO3. The van der Waals surface area contributed by atoms with Gasteiger partial charge in [0.15, 0.2) is 0 Å². The van der Waals surface area contributed by atoms with E-state index in [-0.39, 0.29) is 18.4 Å². The van der Waals surface area contributed by atoms with Crippen LogP contribution in [0.4, 0.5) is 0 Å². The van der Waals surface area contributed by atoms with Crippen molar-refractivity contribution in [2.24, 2.45) is 0 Å². The van der Waals surface area contributed by atoms with Crippen LogP contribution in [0.5, 0.6) is 0 Å². The molecule has 4 nitrogen and oxygen atoms in total. The summed E-state index contributed by atoms with van der Waals surface area (Å²) >= 11 is 0. The highest BCUT2D eigenvalue weighted by atomic mass is 16.4. The quantitative estimate of drug-likeness (QED) is 0.883. The van der Waals surface area contributed by atoms with E-state index in [1.807, 2.05) is 30.3 Å². The summed E-state index contributed by atoms with van der Waals surface area (Å²) in [6.45, 7) is 0.700. The maximum Gasteiger partial charge on any atom is 0.305 e. The number of hydrogen-bond acceptors (Lipinski definition) is 2. The Morgan fingerprint density at radius 2 is 2.00 bits per heavy atom. The van der Waals surface area contributed by atoms with Gasteiger partial charge in [0.25, 0.3) is 0 Å². The number of likely N-dealkylation sites (tertiary alicyclic amines) is 1. The van der Waals surface area contributed by atoms with Crippen molar-refractivity contribution in [3.8, 4) is 0 Å². The summed E-state index contributed by atoms with van der Waals surface area (Å²) in [7, 11) is 0. The number of carbonyl (C=O) groups is 2. The molecule has 1 aromatic carbocycles. The van der Waals surface area contributed by atoms with Crippen LogP contribution in [-0.4, -0.2) is 34.5 Å². The van der Waals surface area contributed by atoms with Crippen molar-refractivity contribution in [3.63, 3.8) is 0 Å². The minimum Gasteiger partial charge on any atom is -0.481 e. The molecule has 1 N–H and O–H groups in total. The van der Waals surface area contributed by atoms with E-state index in [2.05, 4.69) is 0 Å². The van der Waals surface area contributed by atoms with Gasteiger partial charge < -0.3 is 10.0 Å². The normalized spacial score (nSPS) is 18.5. The second-order valence-electron chi connectivity index (χ2n) is 4.97. The summed E-state index contributed by atoms with van der Waals surface area (Å²) in [6.07, 6.45) is 2.96. The molecular weight excluding hydrogens is 242 g/mol. The van der Waals surface area contributed by atoms with Crippen molar-refractivity contribution in [2.75, 3.05) is 6.54 Å². The monoisotopic (exact) mass is 261 g/mol. The minimum absolute atomic E-state index is 0.0665. The van der Waals surface area contributed by atoms with Crippen molar-refractivity contribution in [3.05, 3.63) is 35.9 Å². The van der Waals surface area contributed by atoms with Gasteiger partial charge in [-0.05, 0) is 24.8 Å². The summed E-state index contributed by atoms with van der Waals surface area (Å²) < 4.78 is 0. The Labute approximate surface area is 113 Å². The smallest absolute Gasteiger partial charge is 0.305 e. The molecule has 19 heavy (non-hydrogen) atoms. The van der Waals surface area contributed by atoms with Gasteiger partial charge in [0.1, 0.15) is 0 Å². The van der Waals surface area contributed by atoms with E-state index < -0.39 is 5.97 Å². The van der Waals surface area contributed by atoms with Gasteiger partial charge in [0.05, 0.1) is 6.42 Å². The molecule has 1 fully saturated rings. The molecule has 1 saturated heterocycles. The Balaban J connectivity index is 1.87. The van der Waals surface area contributed by atoms with Gasteiger partial charge in [0, 0.05) is 19.0 Å². The lowest BCUT2D eigenvalue weighted by Crippen LogP contribution is -2.36. The van der Waals surface area contributed by atoms with E-state index in [4.69, 9.17) is 5.11 Å². The summed E-state index contributed by atoms with van der Waals surface area (Å²) in [5.74, 6) is -0.750. The average Bonchev–Trinajstić information content (AvgIpc) is 2.84. The minimum atomic E-state index is -0.826. The molecule has 1 heterocycles. The highest BCUT2D eigenvalue weighted by molar-refractivity contribution is 5.78. The molecule has 2 rings (SSSR count). The zero-order valence-corrected chi connectivity index (χ0v) is 10.9. The summed E-state index contributed by atoms with van der Waals surface area (Å²) in [5, 5.41) is 8.84. The van der Waals surface area contributed by atoms with E-state index in [9.17, 15) is 9.59 Å². The Kier molecular flexibility index (Phi) is 4.55. The van der Waals surface area contributed by atoms with Crippen molar-refractivity contribution in [2.45, 2.75) is 38.1 Å². The fourth-order valence-corrected chi connectivity index (χ4v) is 2.62. The molecule has 1 aliphatic heterocycles.